The summed E-state index contributed by atoms with van der Waals surface area (Å²) in [6.07, 6.45) is 2.15. The lowest BCUT2D eigenvalue weighted by molar-refractivity contribution is -0.139. The molecule has 1 aromatic rings. The van der Waals surface area contributed by atoms with E-state index in [1.807, 2.05) is 6.92 Å². The predicted octanol–water partition coefficient (Wildman–Crippen LogP) is 0.332. The zero-order valence-electron chi connectivity index (χ0n) is 11.0. The Labute approximate surface area is 119 Å². The fourth-order valence-corrected chi connectivity index (χ4v) is 2.87. The Bertz CT molecular complexity index is 599. The summed E-state index contributed by atoms with van der Waals surface area (Å²) >= 11 is 1.46. The molecule has 0 saturated heterocycles. The maximum absolute atomic E-state index is 12.1. The van der Waals surface area contributed by atoms with Crippen LogP contribution >= 0.6 is 11.8 Å². The first-order chi connectivity index (χ1) is 9.54. The molecule has 8 heteroatoms. The van der Waals surface area contributed by atoms with Crippen LogP contribution in [0.25, 0.3) is 0 Å². The molecule has 2 N–H and O–H groups in total. The number of carboxylic acid groups (broad SMARTS) is 1. The van der Waals surface area contributed by atoms with Crippen molar-refractivity contribution >= 4 is 23.6 Å². The molecule has 0 saturated carbocycles. The minimum Gasteiger partial charge on any atom is -0.480 e. The molecule has 0 bridgehead atoms. The Morgan fingerprint density at radius 2 is 2.35 bits per heavy atom. The summed E-state index contributed by atoms with van der Waals surface area (Å²) in [4.78, 5) is 39.2. The van der Waals surface area contributed by atoms with Crippen molar-refractivity contribution in [3.63, 3.8) is 0 Å². The van der Waals surface area contributed by atoms with Gasteiger partial charge in [-0.1, -0.05) is 25.1 Å². The molecule has 1 aliphatic heterocycles. The molecule has 1 unspecified atom stereocenters. The van der Waals surface area contributed by atoms with Crippen molar-refractivity contribution < 1.29 is 14.7 Å². The van der Waals surface area contributed by atoms with E-state index in [-0.39, 0.29) is 5.56 Å². The van der Waals surface area contributed by atoms with Gasteiger partial charge in [-0.25, -0.2) is 9.78 Å². The van der Waals surface area contributed by atoms with Crippen LogP contribution in [0.3, 0.4) is 0 Å². The van der Waals surface area contributed by atoms with Gasteiger partial charge in [-0.05, 0) is 6.42 Å². The Hall–Kier alpha value is -1.83. The molecule has 0 radical (unpaired) electrons. The van der Waals surface area contributed by atoms with Crippen molar-refractivity contribution in [1.82, 2.24) is 14.9 Å². The molecule has 20 heavy (non-hydrogen) atoms. The molecule has 1 aromatic heterocycles. The van der Waals surface area contributed by atoms with Gasteiger partial charge in [0, 0.05) is 18.5 Å². The number of nitrogens with one attached hydrogen (secondary N) is 1. The zero-order chi connectivity index (χ0) is 14.7. The van der Waals surface area contributed by atoms with Crippen LogP contribution in [0.1, 0.15) is 30.1 Å². The topological polar surface area (TPSA) is 101 Å². The largest absolute Gasteiger partial charge is 0.480 e. The van der Waals surface area contributed by atoms with Crippen molar-refractivity contribution in [2.45, 2.75) is 37.5 Å². The Morgan fingerprint density at radius 3 is 3.00 bits per heavy atom. The SMILES string of the molecule is CCCC(NC(=O)c1cnc2n(c1=O)CCS2)C(=O)O. The van der Waals surface area contributed by atoms with E-state index in [2.05, 4.69) is 10.3 Å². The Kier molecular flexibility index (Phi) is 4.43. The van der Waals surface area contributed by atoms with E-state index in [1.54, 1.807) is 0 Å². The van der Waals surface area contributed by atoms with Crippen LogP contribution in [0.4, 0.5) is 0 Å². The minimum atomic E-state index is -1.11. The van der Waals surface area contributed by atoms with Gasteiger partial charge in [-0.15, -0.1) is 0 Å². The van der Waals surface area contributed by atoms with Crippen molar-refractivity contribution in [2.75, 3.05) is 5.75 Å². The second kappa shape index (κ2) is 6.08. The fraction of sp³-hybridized carbons (Fsp3) is 0.500. The van der Waals surface area contributed by atoms with Crippen molar-refractivity contribution in [3.8, 4) is 0 Å². The van der Waals surface area contributed by atoms with Crippen LogP contribution < -0.4 is 10.9 Å². The molecule has 0 aromatic carbocycles. The lowest BCUT2D eigenvalue weighted by Gasteiger charge is -2.13. The molecule has 108 valence electrons. The van der Waals surface area contributed by atoms with Gasteiger partial charge in [0.2, 0.25) is 0 Å². The third-order valence-electron chi connectivity index (χ3n) is 2.98. The van der Waals surface area contributed by atoms with Crippen LogP contribution in [0.5, 0.6) is 0 Å². The lowest BCUT2D eigenvalue weighted by atomic mass is 10.1. The number of hydrogen-bond donors (Lipinski definition) is 2. The minimum absolute atomic E-state index is 0.112. The van der Waals surface area contributed by atoms with Gasteiger partial charge in [0.1, 0.15) is 11.6 Å². The first-order valence-corrected chi connectivity index (χ1v) is 7.29. The Balaban J connectivity index is 2.22. The van der Waals surface area contributed by atoms with Crippen molar-refractivity contribution in [2.24, 2.45) is 0 Å². The van der Waals surface area contributed by atoms with Gasteiger partial charge in [0.25, 0.3) is 11.5 Å². The molecule has 1 amide bonds. The highest BCUT2D eigenvalue weighted by atomic mass is 32.2. The van der Waals surface area contributed by atoms with Crippen LogP contribution in [0.2, 0.25) is 0 Å². The first-order valence-electron chi connectivity index (χ1n) is 6.31. The lowest BCUT2D eigenvalue weighted by Crippen LogP contribution is -2.43. The summed E-state index contributed by atoms with van der Waals surface area (Å²) in [5, 5.41) is 12.0. The number of rotatable bonds is 5. The van der Waals surface area contributed by atoms with E-state index in [9.17, 15) is 14.4 Å². The number of carbonyl (C=O) groups excluding carboxylic acids is 1. The zero-order valence-corrected chi connectivity index (χ0v) is 11.8. The summed E-state index contributed by atoms with van der Waals surface area (Å²) < 4.78 is 1.44. The highest BCUT2D eigenvalue weighted by molar-refractivity contribution is 7.99. The Morgan fingerprint density at radius 1 is 1.60 bits per heavy atom. The average molecular weight is 297 g/mol. The third-order valence-corrected chi connectivity index (χ3v) is 3.95. The van der Waals surface area contributed by atoms with Gasteiger partial charge in [-0.3, -0.25) is 14.2 Å². The molecule has 1 atom stereocenters. The first kappa shape index (κ1) is 14.6. The highest BCUT2D eigenvalue weighted by Gasteiger charge is 2.24. The molecular weight excluding hydrogens is 282 g/mol. The average Bonchev–Trinajstić information content (AvgIpc) is 2.87. The molecule has 0 spiro atoms. The number of nitrogens with zero attached hydrogens (tertiary/aromatic N) is 2. The van der Waals surface area contributed by atoms with Crippen LogP contribution in [-0.2, 0) is 11.3 Å². The number of carboxylic acids is 1. The second-order valence-corrected chi connectivity index (χ2v) is 5.47. The van der Waals surface area contributed by atoms with Gasteiger partial charge in [0.15, 0.2) is 5.16 Å². The number of aromatic nitrogens is 2. The maximum Gasteiger partial charge on any atom is 0.326 e. The smallest absolute Gasteiger partial charge is 0.326 e. The van der Waals surface area contributed by atoms with Crippen LogP contribution in [-0.4, -0.2) is 38.3 Å². The molecule has 0 fully saturated rings. The standard InChI is InChI=1S/C12H15N3O4S/c1-2-3-8(11(18)19)14-9(16)7-6-13-12-15(10(7)17)4-5-20-12/h6,8H,2-5H2,1H3,(H,14,16)(H,18,19). The van der Waals surface area contributed by atoms with Crippen LogP contribution in [0.15, 0.2) is 16.1 Å². The molecule has 1 aliphatic rings. The van der Waals surface area contributed by atoms with E-state index in [1.165, 1.54) is 22.5 Å². The molecule has 2 heterocycles. The number of hydrogen-bond acceptors (Lipinski definition) is 5. The summed E-state index contributed by atoms with van der Waals surface area (Å²) in [7, 11) is 0. The number of amides is 1. The van der Waals surface area contributed by atoms with E-state index in [4.69, 9.17) is 5.11 Å². The molecular formula is C12H15N3O4S. The number of thioether (sulfide) groups is 1. The normalized spacial score (nSPS) is 14.7. The fourth-order valence-electron chi connectivity index (χ4n) is 1.96. The summed E-state index contributed by atoms with van der Waals surface area (Å²) in [6, 6.07) is -0.987. The highest BCUT2D eigenvalue weighted by Crippen LogP contribution is 2.20. The maximum atomic E-state index is 12.1. The number of fused-ring (bicyclic) bond motifs is 1. The number of aliphatic carboxylic acids is 1. The predicted molar refractivity (Wildman–Crippen MR) is 73.0 cm³/mol. The van der Waals surface area contributed by atoms with Crippen molar-refractivity contribution in [1.29, 1.82) is 0 Å². The van der Waals surface area contributed by atoms with E-state index in [0.29, 0.717) is 24.5 Å². The van der Waals surface area contributed by atoms with E-state index in [0.717, 1.165) is 5.75 Å². The van der Waals surface area contributed by atoms with Gasteiger partial charge >= 0.3 is 5.97 Å². The molecule has 2 rings (SSSR count). The van der Waals surface area contributed by atoms with E-state index < -0.39 is 23.5 Å². The van der Waals surface area contributed by atoms with E-state index >= 15 is 0 Å². The quantitative estimate of drug-likeness (QED) is 0.760. The van der Waals surface area contributed by atoms with Gasteiger partial charge < -0.3 is 10.4 Å². The summed E-state index contributed by atoms with van der Waals surface area (Å²) in [5.41, 5.74) is -0.531. The molecule has 0 aliphatic carbocycles. The number of carbonyl (C=O) groups is 2. The monoisotopic (exact) mass is 297 g/mol. The van der Waals surface area contributed by atoms with Gasteiger partial charge in [0.05, 0.1) is 0 Å². The molecule has 7 nitrogen and oxygen atoms in total. The summed E-state index contributed by atoms with van der Waals surface area (Å²) in [5.74, 6) is -1.04. The van der Waals surface area contributed by atoms with Crippen molar-refractivity contribution in [3.05, 3.63) is 22.1 Å². The van der Waals surface area contributed by atoms with Gasteiger partial charge in [-0.2, -0.15) is 0 Å². The second-order valence-electron chi connectivity index (χ2n) is 4.41. The van der Waals surface area contributed by atoms with Crippen LogP contribution in [0, 0.1) is 0 Å². The summed E-state index contributed by atoms with van der Waals surface area (Å²) in [6.45, 7) is 2.34. The third kappa shape index (κ3) is 2.84.